The Morgan fingerprint density at radius 2 is 1.88 bits per heavy atom. The van der Waals surface area contributed by atoms with Crippen molar-refractivity contribution in [3.8, 4) is 0 Å². The highest BCUT2D eigenvalue weighted by molar-refractivity contribution is 7.69. The molecule has 8 nitrogen and oxygen atoms in total. The van der Waals surface area contributed by atoms with E-state index in [4.69, 9.17) is 13.2 Å². The number of para-hydroxylation sites is 2. The van der Waals surface area contributed by atoms with Crippen LogP contribution in [-0.2, 0) is 15.6 Å². The van der Waals surface area contributed by atoms with Gasteiger partial charge in [-0.15, -0.1) is 0 Å². The molecule has 1 aliphatic carbocycles. The number of nitro benzene ring substituents is 1. The van der Waals surface area contributed by atoms with Gasteiger partial charge in [0.1, 0.15) is 5.69 Å². The Kier molecular flexibility index (Phi) is 6.52. The van der Waals surface area contributed by atoms with Crippen LogP contribution in [0.5, 0.6) is 0 Å². The maximum atomic E-state index is 10.9. The van der Waals surface area contributed by atoms with Gasteiger partial charge in [-0.3, -0.25) is 10.1 Å². The molecule has 1 heterocycles. The first kappa shape index (κ1) is 18.6. The van der Waals surface area contributed by atoms with Gasteiger partial charge in [-0.1, -0.05) is 12.1 Å². The van der Waals surface area contributed by atoms with Crippen LogP contribution in [0.25, 0.3) is 0 Å². The molecule has 1 spiro atoms. The summed E-state index contributed by atoms with van der Waals surface area (Å²) in [4.78, 5) is 10.6. The number of thiol groups is 1. The van der Waals surface area contributed by atoms with Crippen LogP contribution in [0.3, 0.4) is 0 Å². The largest absolute Gasteiger partial charge is 0.381 e. The van der Waals surface area contributed by atoms with E-state index in [1.807, 2.05) is 6.07 Å². The zero-order valence-electron chi connectivity index (χ0n) is 13.3. The number of rotatable bonds is 4. The van der Waals surface area contributed by atoms with Gasteiger partial charge in [0, 0.05) is 25.8 Å². The molecule has 1 saturated heterocycles. The molecule has 0 atom stereocenters. The van der Waals surface area contributed by atoms with Crippen LogP contribution in [0.15, 0.2) is 24.3 Å². The molecule has 3 N–H and O–H groups in total. The Bertz CT molecular complexity index is 628. The summed E-state index contributed by atoms with van der Waals surface area (Å²) in [5.41, 5.74) is 1.30. The number of nitrogens with one attached hydrogen (secondary N) is 1. The summed E-state index contributed by atoms with van der Waals surface area (Å²) in [5.74, 6) is 0.632. The van der Waals surface area contributed by atoms with Crippen LogP contribution < -0.4 is 10.5 Å². The molecule has 24 heavy (non-hydrogen) atoms. The van der Waals surface area contributed by atoms with Gasteiger partial charge in [0.2, 0.25) is 0 Å². The van der Waals surface area contributed by atoms with Gasteiger partial charge >= 0.3 is 0 Å². The lowest BCUT2D eigenvalue weighted by Gasteiger charge is -2.50. The molecule has 1 saturated carbocycles. The highest BCUT2D eigenvalue weighted by Crippen LogP contribution is 2.52. The van der Waals surface area contributed by atoms with Gasteiger partial charge in [0.25, 0.3) is 5.69 Å². The van der Waals surface area contributed by atoms with Crippen molar-refractivity contribution in [1.29, 1.82) is 0 Å². The molecule has 0 aromatic heterocycles. The minimum Gasteiger partial charge on any atom is -0.381 e. The smallest absolute Gasteiger partial charge is 0.292 e. The molecular formula is C15H23N3O5S. The van der Waals surface area contributed by atoms with Crippen molar-refractivity contribution in [2.45, 2.75) is 25.7 Å². The van der Waals surface area contributed by atoms with Crippen molar-refractivity contribution >= 4 is 22.3 Å². The predicted octanol–water partition coefficient (Wildman–Crippen LogP) is 1.68. The Balaban J connectivity index is 0.000000471. The molecule has 2 fully saturated rings. The normalized spacial score (nSPS) is 19.2. The van der Waals surface area contributed by atoms with E-state index < -0.39 is 10.9 Å². The van der Waals surface area contributed by atoms with E-state index in [2.05, 4.69) is 10.5 Å². The van der Waals surface area contributed by atoms with Crippen LogP contribution >= 0.6 is 0 Å². The summed E-state index contributed by atoms with van der Waals surface area (Å²) >= 11 is 0. The van der Waals surface area contributed by atoms with Crippen LogP contribution in [0, 0.1) is 21.4 Å². The Labute approximate surface area is 142 Å². The van der Waals surface area contributed by atoms with Crippen molar-refractivity contribution in [3.05, 3.63) is 34.4 Å². The highest BCUT2D eigenvalue weighted by Gasteiger charge is 2.44. The molecule has 3 rings (SSSR count). The van der Waals surface area contributed by atoms with E-state index >= 15 is 0 Å². The van der Waals surface area contributed by atoms with Gasteiger partial charge in [0.15, 0.2) is 10.9 Å². The average molecular weight is 357 g/mol. The number of nitro groups is 1. The summed E-state index contributed by atoms with van der Waals surface area (Å²) in [6, 6.07) is 6.85. The topological polar surface area (TPSA) is 125 Å². The lowest BCUT2D eigenvalue weighted by molar-refractivity contribution is -0.384. The third-order valence-electron chi connectivity index (χ3n) is 4.68. The molecule has 2 aliphatic rings. The summed E-state index contributed by atoms with van der Waals surface area (Å²) in [5, 5.41) is 18.3. The van der Waals surface area contributed by atoms with Crippen molar-refractivity contribution in [3.63, 3.8) is 0 Å². The Hall–Kier alpha value is -1.71. The predicted molar refractivity (Wildman–Crippen MR) is 91.3 cm³/mol. The van der Waals surface area contributed by atoms with Gasteiger partial charge in [0.05, 0.1) is 4.92 Å². The number of nitrogens with zero attached hydrogens (tertiary/aromatic N) is 1. The second-order valence-electron chi connectivity index (χ2n) is 6.33. The molecule has 0 amide bonds. The minimum atomic E-state index is -2.62. The van der Waals surface area contributed by atoms with Gasteiger partial charge in [-0.2, -0.15) is 0 Å². The molecule has 9 heteroatoms. The minimum absolute atomic E-state index is 0.160. The molecule has 134 valence electrons. The number of hydrogen-bond donors (Lipinski definition) is 3. The van der Waals surface area contributed by atoms with Crippen LogP contribution in [0.2, 0.25) is 0 Å². The van der Waals surface area contributed by atoms with Crippen LogP contribution in [-0.4, -0.2) is 33.1 Å². The molecule has 0 radical (unpaired) electrons. The lowest BCUT2D eigenvalue weighted by atomic mass is 9.58. The number of ether oxygens (including phenoxy) is 1. The second-order valence-corrected chi connectivity index (χ2v) is 6.90. The fraction of sp³-hybridized carbons (Fsp3) is 0.600. The van der Waals surface area contributed by atoms with Crippen molar-refractivity contribution < 1.29 is 18.1 Å². The van der Waals surface area contributed by atoms with Crippen molar-refractivity contribution in [1.82, 2.24) is 0 Å². The maximum absolute atomic E-state index is 10.9. The van der Waals surface area contributed by atoms with E-state index in [-0.39, 0.29) is 10.6 Å². The zero-order valence-corrected chi connectivity index (χ0v) is 14.2. The first-order chi connectivity index (χ1) is 11.4. The molecule has 0 unspecified atom stereocenters. The summed E-state index contributed by atoms with van der Waals surface area (Å²) in [6.07, 6.45) is 4.80. The SMILES string of the molecule is N[SH](=O)=O.O=[N+]([O-])c1ccccc1NCC1CC2(CCOCC2)C1. The van der Waals surface area contributed by atoms with Crippen LogP contribution in [0.4, 0.5) is 11.4 Å². The van der Waals surface area contributed by atoms with Gasteiger partial charge in [-0.05, 0) is 43.1 Å². The first-order valence-corrected chi connectivity index (χ1v) is 9.11. The summed E-state index contributed by atoms with van der Waals surface area (Å²) in [6.45, 7) is 2.61. The molecule has 1 aliphatic heterocycles. The lowest BCUT2D eigenvalue weighted by Crippen LogP contribution is -2.44. The van der Waals surface area contributed by atoms with Gasteiger partial charge < -0.3 is 10.1 Å². The maximum Gasteiger partial charge on any atom is 0.292 e. The van der Waals surface area contributed by atoms with Crippen molar-refractivity contribution in [2.75, 3.05) is 25.1 Å². The number of hydrogen-bond acceptors (Lipinski definition) is 6. The molecule has 1 aromatic rings. The van der Waals surface area contributed by atoms with Crippen molar-refractivity contribution in [2.24, 2.45) is 16.5 Å². The Morgan fingerprint density at radius 3 is 2.46 bits per heavy atom. The second kappa shape index (κ2) is 8.41. The highest BCUT2D eigenvalue weighted by atomic mass is 32.2. The number of benzene rings is 1. The average Bonchev–Trinajstić information content (AvgIpc) is 2.51. The summed E-state index contributed by atoms with van der Waals surface area (Å²) in [7, 11) is -2.62. The fourth-order valence-corrected chi connectivity index (χ4v) is 3.56. The third kappa shape index (κ3) is 5.15. The first-order valence-electron chi connectivity index (χ1n) is 7.86. The van der Waals surface area contributed by atoms with E-state index in [0.29, 0.717) is 17.0 Å². The molecule has 0 bridgehead atoms. The molecule has 1 aromatic carbocycles. The van der Waals surface area contributed by atoms with Gasteiger partial charge in [-0.25, -0.2) is 13.6 Å². The van der Waals surface area contributed by atoms with E-state index in [1.165, 1.54) is 25.7 Å². The molecular weight excluding hydrogens is 334 g/mol. The van der Waals surface area contributed by atoms with E-state index in [9.17, 15) is 10.1 Å². The van der Waals surface area contributed by atoms with Crippen LogP contribution in [0.1, 0.15) is 25.7 Å². The number of nitrogens with two attached hydrogens (primary N) is 1. The third-order valence-corrected chi connectivity index (χ3v) is 4.68. The zero-order chi connectivity index (χ0) is 17.6. The van der Waals surface area contributed by atoms with E-state index in [0.717, 1.165) is 19.8 Å². The number of anilines is 1. The summed E-state index contributed by atoms with van der Waals surface area (Å²) < 4.78 is 23.0. The quantitative estimate of drug-likeness (QED) is 0.428. The fourth-order valence-electron chi connectivity index (χ4n) is 3.56. The monoisotopic (exact) mass is 357 g/mol. The Morgan fingerprint density at radius 1 is 1.29 bits per heavy atom. The van der Waals surface area contributed by atoms with E-state index in [1.54, 1.807) is 18.2 Å². The standard InChI is InChI=1S/C15H20N2O3.H3NO2S/c18-17(19)14-4-2-1-3-13(14)16-11-12-9-15(10-12)5-7-20-8-6-15;1-4(2)3/h1-4,12,16H,5-11H2;4H,(H2,1,2,3).